The molecule has 0 saturated heterocycles. The lowest BCUT2D eigenvalue weighted by Crippen LogP contribution is -2.32. The van der Waals surface area contributed by atoms with Gasteiger partial charge in [-0.15, -0.1) is 0 Å². The maximum atomic E-state index is 12.7. The number of aromatic nitrogens is 1. The number of primary amides is 1. The van der Waals surface area contributed by atoms with Crippen molar-refractivity contribution >= 4 is 23.3 Å². The van der Waals surface area contributed by atoms with E-state index in [1.165, 1.54) is 0 Å². The molecule has 1 aromatic heterocycles. The van der Waals surface area contributed by atoms with Gasteiger partial charge < -0.3 is 11.1 Å². The summed E-state index contributed by atoms with van der Waals surface area (Å²) in [5.41, 5.74) is 4.40. The molecule has 3 N–H and O–H groups in total. The van der Waals surface area contributed by atoms with Crippen molar-refractivity contribution in [1.29, 1.82) is 0 Å². The molecule has 1 heterocycles. The number of hydrogen-bond acceptors (Lipinski definition) is 3. The number of carbonyl (C=O) groups excluding carboxylic acids is 1. The molecule has 1 aromatic rings. The first kappa shape index (κ1) is 15.9. The van der Waals surface area contributed by atoms with Crippen LogP contribution in [0.3, 0.4) is 0 Å². The minimum Gasteiger partial charge on any atom is -0.369 e. The van der Waals surface area contributed by atoms with Crippen LogP contribution in [0.5, 0.6) is 0 Å². The normalized spacial score (nSPS) is 22.9. The molecule has 0 aliphatic heterocycles. The number of nitrogens with two attached hydrogens (primary N) is 1. The average molecular weight is 322 g/mol. The molecule has 21 heavy (non-hydrogen) atoms. The monoisotopic (exact) mass is 321 g/mol. The van der Waals surface area contributed by atoms with Crippen LogP contribution in [0.2, 0.25) is 5.15 Å². The SMILES string of the molecule is NC(=O)C1CCC(Nc2cc(C(F)(F)F)cc(Cl)n2)CC1. The summed E-state index contributed by atoms with van der Waals surface area (Å²) in [5, 5.41) is 2.74. The molecule has 4 nitrogen and oxygen atoms in total. The number of anilines is 1. The summed E-state index contributed by atoms with van der Waals surface area (Å²) in [7, 11) is 0. The minimum atomic E-state index is -4.47. The molecule has 116 valence electrons. The Morgan fingerprint density at radius 3 is 2.43 bits per heavy atom. The second kappa shape index (κ2) is 6.09. The van der Waals surface area contributed by atoms with E-state index in [0.717, 1.165) is 12.1 Å². The zero-order valence-electron chi connectivity index (χ0n) is 11.1. The van der Waals surface area contributed by atoms with Crippen LogP contribution >= 0.6 is 11.6 Å². The van der Waals surface area contributed by atoms with E-state index in [1.807, 2.05) is 0 Å². The summed E-state index contributed by atoms with van der Waals surface area (Å²) in [6, 6.07) is 1.69. The fraction of sp³-hybridized carbons (Fsp3) is 0.538. The third-order valence-electron chi connectivity index (χ3n) is 3.60. The Kier molecular flexibility index (Phi) is 4.61. The fourth-order valence-corrected chi connectivity index (χ4v) is 2.67. The van der Waals surface area contributed by atoms with Gasteiger partial charge in [-0.3, -0.25) is 4.79 Å². The molecule has 0 spiro atoms. The third-order valence-corrected chi connectivity index (χ3v) is 3.80. The number of alkyl halides is 3. The van der Waals surface area contributed by atoms with Crippen molar-refractivity contribution in [3.8, 4) is 0 Å². The number of nitrogens with zero attached hydrogens (tertiary/aromatic N) is 1. The molecule has 0 atom stereocenters. The van der Waals surface area contributed by atoms with Gasteiger partial charge in [0.1, 0.15) is 11.0 Å². The summed E-state index contributed by atoms with van der Waals surface area (Å²) < 4.78 is 38.1. The van der Waals surface area contributed by atoms with Gasteiger partial charge in [0.25, 0.3) is 0 Å². The highest BCUT2D eigenvalue weighted by Crippen LogP contribution is 2.33. The number of hydrogen-bond donors (Lipinski definition) is 2. The lowest BCUT2D eigenvalue weighted by molar-refractivity contribution is -0.137. The van der Waals surface area contributed by atoms with Crippen LogP contribution in [-0.2, 0) is 11.0 Å². The fourth-order valence-electron chi connectivity index (χ4n) is 2.47. The molecular weight excluding hydrogens is 307 g/mol. The second-order valence-electron chi connectivity index (χ2n) is 5.16. The maximum absolute atomic E-state index is 12.7. The standard InChI is InChI=1S/C13H15ClF3N3O/c14-10-5-8(13(15,16)17)6-11(20-10)19-9-3-1-7(2-4-9)12(18)21/h5-7,9H,1-4H2,(H2,18,21)(H,19,20). The molecule has 1 fully saturated rings. The Bertz CT molecular complexity index is 528. The molecular formula is C13H15ClF3N3O. The Morgan fingerprint density at radius 2 is 1.90 bits per heavy atom. The lowest BCUT2D eigenvalue weighted by atomic mass is 9.85. The lowest BCUT2D eigenvalue weighted by Gasteiger charge is -2.27. The van der Waals surface area contributed by atoms with Crippen molar-refractivity contribution in [1.82, 2.24) is 4.98 Å². The maximum Gasteiger partial charge on any atom is 0.416 e. The quantitative estimate of drug-likeness (QED) is 0.840. The first-order valence-corrected chi connectivity index (χ1v) is 6.94. The van der Waals surface area contributed by atoms with Crippen molar-refractivity contribution in [2.24, 2.45) is 11.7 Å². The summed E-state index contributed by atoms with van der Waals surface area (Å²) in [6.45, 7) is 0. The predicted octanol–water partition coefficient (Wildman–Crippen LogP) is 3.21. The smallest absolute Gasteiger partial charge is 0.369 e. The van der Waals surface area contributed by atoms with Crippen LogP contribution in [0.1, 0.15) is 31.2 Å². The van der Waals surface area contributed by atoms with E-state index in [-0.39, 0.29) is 28.8 Å². The molecule has 1 amide bonds. The Labute approximate surface area is 124 Å². The Hall–Kier alpha value is -1.50. The van der Waals surface area contributed by atoms with Crippen LogP contribution in [-0.4, -0.2) is 16.9 Å². The molecule has 0 aromatic carbocycles. The highest BCUT2D eigenvalue weighted by molar-refractivity contribution is 6.29. The van der Waals surface area contributed by atoms with Gasteiger partial charge >= 0.3 is 6.18 Å². The van der Waals surface area contributed by atoms with Gasteiger partial charge in [0.05, 0.1) is 5.56 Å². The second-order valence-corrected chi connectivity index (χ2v) is 5.54. The number of halogens is 4. The molecule has 0 unspecified atom stereocenters. The van der Waals surface area contributed by atoms with E-state index in [2.05, 4.69) is 10.3 Å². The first-order valence-electron chi connectivity index (χ1n) is 6.56. The van der Waals surface area contributed by atoms with Crippen LogP contribution in [0.4, 0.5) is 19.0 Å². The molecule has 1 aliphatic carbocycles. The summed E-state index contributed by atoms with van der Waals surface area (Å²) in [6.07, 6.45) is -1.90. The van der Waals surface area contributed by atoms with Crippen LogP contribution < -0.4 is 11.1 Å². The Morgan fingerprint density at radius 1 is 1.29 bits per heavy atom. The number of carbonyl (C=O) groups is 1. The van der Waals surface area contributed by atoms with Gasteiger partial charge in [-0.2, -0.15) is 13.2 Å². The highest BCUT2D eigenvalue weighted by atomic mass is 35.5. The van der Waals surface area contributed by atoms with Crippen molar-refractivity contribution < 1.29 is 18.0 Å². The van der Waals surface area contributed by atoms with Crippen LogP contribution in [0.25, 0.3) is 0 Å². The van der Waals surface area contributed by atoms with Gasteiger partial charge in [0.15, 0.2) is 0 Å². The topological polar surface area (TPSA) is 68.0 Å². The van der Waals surface area contributed by atoms with Gasteiger partial charge in [-0.25, -0.2) is 4.98 Å². The van der Waals surface area contributed by atoms with Gasteiger partial charge in [0, 0.05) is 12.0 Å². The van der Waals surface area contributed by atoms with E-state index in [0.29, 0.717) is 25.7 Å². The number of pyridine rings is 1. The molecule has 8 heteroatoms. The number of rotatable bonds is 3. The van der Waals surface area contributed by atoms with Gasteiger partial charge in [0.2, 0.25) is 5.91 Å². The third kappa shape index (κ3) is 4.23. The molecule has 1 saturated carbocycles. The largest absolute Gasteiger partial charge is 0.416 e. The van der Waals surface area contributed by atoms with Crippen LogP contribution in [0, 0.1) is 5.92 Å². The van der Waals surface area contributed by atoms with Crippen molar-refractivity contribution in [2.45, 2.75) is 37.9 Å². The summed E-state index contributed by atoms with van der Waals surface area (Å²) in [5.74, 6) is -0.382. The van der Waals surface area contributed by atoms with E-state index >= 15 is 0 Å². The first-order chi connectivity index (χ1) is 9.75. The molecule has 2 rings (SSSR count). The Balaban J connectivity index is 2.04. The molecule has 0 bridgehead atoms. The van der Waals surface area contributed by atoms with E-state index in [4.69, 9.17) is 17.3 Å². The van der Waals surface area contributed by atoms with Crippen LogP contribution in [0.15, 0.2) is 12.1 Å². The molecule has 0 radical (unpaired) electrons. The minimum absolute atomic E-state index is 0.0346. The van der Waals surface area contributed by atoms with E-state index in [9.17, 15) is 18.0 Å². The van der Waals surface area contributed by atoms with Gasteiger partial charge in [-0.05, 0) is 37.8 Å². The summed E-state index contributed by atoms with van der Waals surface area (Å²) >= 11 is 5.63. The zero-order valence-corrected chi connectivity index (χ0v) is 11.8. The zero-order chi connectivity index (χ0) is 15.6. The van der Waals surface area contributed by atoms with Gasteiger partial charge in [-0.1, -0.05) is 11.6 Å². The molecule has 1 aliphatic rings. The van der Waals surface area contributed by atoms with Crippen molar-refractivity contribution in [3.05, 3.63) is 22.8 Å². The van der Waals surface area contributed by atoms with Crippen molar-refractivity contribution in [2.75, 3.05) is 5.32 Å². The van der Waals surface area contributed by atoms with E-state index < -0.39 is 11.7 Å². The summed E-state index contributed by atoms with van der Waals surface area (Å²) in [4.78, 5) is 14.9. The number of amides is 1. The highest BCUT2D eigenvalue weighted by Gasteiger charge is 2.32. The average Bonchev–Trinajstić information content (AvgIpc) is 2.37. The van der Waals surface area contributed by atoms with E-state index in [1.54, 1.807) is 0 Å². The number of nitrogens with one attached hydrogen (secondary N) is 1. The van der Waals surface area contributed by atoms with Crippen molar-refractivity contribution in [3.63, 3.8) is 0 Å². The predicted molar refractivity (Wildman–Crippen MR) is 72.8 cm³/mol.